The van der Waals surface area contributed by atoms with Crippen LogP contribution in [0, 0.1) is 0 Å². The number of halogens is 1. The Kier molecular flexibility index (Phi) is 3.39. The molecule has 2 fully saturated rings. The standard InChI is InChI=1S/C11H21FN2/c1-14(9-3-2-4-9)8-6-11-10(12)5-7-13-11/h9-11,13H,2-8H2,1H3. The number of nitrogens with zero attached hydrogens (tertiary/aromatic N) is 1. The van der Waals surface area contributed by atoms with Crippen molar-refractivity contribution in [2.45, 2.75) is 50.4 Å². The molecule has 0 amide bonds. The van der Waals surface area contributed by atoms with Crippen LogP contribution >= 0.6 is 0 Å². The van der Waals surface area contributed by atoms with Crippen LogP contribution in [0.2, 0.25) is 0 Å². The Morgan fingerprint density at radius 1 is 1.36 bits per heavy atom. The van der Waals surface area contributed by atoms with E-state index in [1.807, 2.05) is 0 Å². The Morgan fingerprint density at radius 2 is 2.14 bits per heavy atom. The van der Waals surface area contributed by atoms with Crippen LogP contribution in [0.15, 0.2) is 0 Å². The van der Waals surface area contributed by atoms with Gasteiger partial charge in [0.1, 0.15) is 6.17 Å². The summed E-state index contributed by atoms with van der Waals surface area (Å²) in [6.45, 7) is 1.90. The first-order valence-electron chi connectivity index (χ1n) is 5.85. The van der Waals surface area contributed by atoms with Gasteiger partial charge in [0.2, 0.25) is 0 Å². The third-order valence-electron chi connectivity index (χ3n) is 3.75. The van der Waals surface area contributed by atoms with E-state index in [-0.39, 0.29) is 6.04 Å². The van der Waals surface area contributed by atoms with Crippen molar-refractivity contribution in [1.82, 2.24) is 10.2 Å². The molecule has 0 aromatic carbocycles. The Bertz CT molecular complexity index is 182. The van der Waals surface area contributed by atoms with Crippen LogP contribution in [-0.2, 0) is 0 Å². The smallest absolute Gasteiger partial charge is 0.117 e. The normalized spacial score (nSPS) is 33.6. The van der Waals surface area contributed by atoms with Gasteiger partial charge < -0.3 is 10.2 Å². The Balaban J connectivity index is 1.65. The molecule has 2 nitrogen and oxygen atoms in total. The van der Waals surface area contributed by atoms with Crippen LogP contribution in [0.5, 0.6) is 0 Å². The number of rotatable bonds is 4. The van der Waals surface area contributed by atoms with Gasteiger partial charge in [-0.2, -0.15) is 0 Å². The Labute approximate surface area is 85.9 Å². The van der Waals surface area contributed by atoms with Crippen LogP contribution in [0.3, 0.4) is 0 Å². The first-order chi connectivity index (χ1) is 6.77. The van der Waals surface area contributed by atoms with Gasteiger partial charge in [-0.25, -0.2) is 4.39 Å². The number of nitrogens with one attached hydrogen (secondary N) is 1. The molecule has 1 saturated carbocycles. The maximum Gasteiger partial charge on any atom is 0.117 e. The molecular weight excluding hydrogens is 179 g/mol. The fourth-order valence-corrected chi connectivity index (χ4v) is 2.37. The summed E-state index contributed by atoms with van der Waals surface area (Å²) in [5, 5.41) is 3.24. The van der Waals surface area contributed by atoms with E-state index in [4.69, 9.17) is 0 Å². The quantitative estimate of drug-likeness (QED) is 0.741. The molecule has 2 atom stereocenters. The van der Waals surface area contributed by atoms with Crippen LogP contribution in [0.25, 0.3) is 0 Å². The summed E-state index contributed by atoms with van der Waals surface area (Å²) in [6, 6.07) is 0.909. The van der Waals surface area contributed by atoms with Crippen molar-refractivity contribution < 1.29 is 4.39 Å². The molecule has 0 radical (unpaired) electrons. The molecule has 2 rings (SSSR count). The van der Waals surface area contributed by atoms with E-state index in [2.05, 4.69) is 17.3 Å². The van der Waals surface area contributed by atoms with E-state index >= 15 is 0 Å². The molecule has 0 bridgehead atoms. The SMILES string of the molecule is CN(CCC1NCCC1F)C1CCC1. The lowest BCUT2D eigenvalue weighted by Gasteiger charge is -2.35. The molecule has 1 aliphatic carbocycles. The molecule has 2 unspecified atom stereocenters. The van der Waals surface area contributed by atoms with Crippen molar-refractivity contribution >= 4 is 0 Å². The molecule has 82 valence electrons. The third-order valence-corrected chi connectivity index (χ3v) is 3.75. The maximum atomic E-state index is 13.3. The minimum absolute atomic E-state index is 0.123. The second-order valence-electron chi connectivity index (χ2n) is 4.72. The summed E-state index contributed by atoms with van der Waals surface area (Å²) >= 11 is 0. The van der Waals surface area contributed by atoms with Gasteiger partial charge >= 0.3 is 0 Å². The molecule has 3 heteroatoms. The molecule has 1 saturated heterocycles. The van der Waals surface area contributed by atoms with E-state index in [1.165, 1.54) is 19.3 Å². The van der Waals surface area contributed by atoms with Gasteiger partial charge in [0, 0.05) is 12.1 Å². The first kappa shape index (κ1) is 10.4. The van der Waals surface area contributed by atoms with Crippen molar-refractivity contribution in [2.75, 3.05) is 20.1 Å². The van der Waals surface area contributed by atoms with Crippen LogP contribution < -0.4 is 5.32 Å². The average Bonchev–Trinajstić information content (AvgIpc) is 2.44. The lowest BCUT2D eigenvalue weighted by atomic mass is 9.91. The predicted molar refractivity (Wildman–Crippen MR) is 56.2 cm³/mol. The number of alkyl halides is 1. The fraction of sp³-hybridized carbons (Fsp3) is 1.00. The summed E-state index contributed by atoms with van der Waals surface area (Å²) in [5.74, 6) is 0. The summed E-state index contributed by atoms with van der Waals surface area (Å²) in [7, 11) is 2.17. The highest BCUT2D eigenvalue weighted by Gasteiger charge is 2.28. The molecule has 1 heterocycles. The van der Waals surface area contributed by atoms with Crippen molar-refractivity contribution in [1.29, 1.82) is 0 Å². The first-order valence-corrected chi connectivity index (χ1v) is 5.85. The maximum absolute atomic E-state index is 13.3. The van der Waals surface area contributed by atoms with E-state index < -0.39 is 6.17 Å². The number of hydrogen-bond acceptors (Lipinski definition) is 2. The lowest BCUT2D eigenvalue weighted by Crippen LogP contribution is -2.40. The van der Waals surface area contributed by atoms with Crippen molar-refractivity contribution in [2.24, 2.45) is 0 Å². The molecular formula is C11H21FN2. The molecule has 0 spiro atoms. The predicted octanol–water partition coefficient (Wildman–Crippen LogP) is 1.56. The van der Waals surface area contributed by atoms with E-state index in [0.29, 0.717) is 6.42 Å². The highest BCUT2D eigenvalue weighted by molar-refractivity contribution is 4.85. The molecule has 0 aromatic heterocycles. The summed E-state index contributed by atoms with van der Waals surface area (Å²) in [6.07, 6.45) is 5.13. The lowest BCUT2D eigenvalue weighted by molar-refractivity contribution is 0.148. The third kappa shape index (κ3) is 2.26. The highest BCUT2D eigenvalue weighted by Crippen LogP contribution is 2.24. The zero-order valence-corrected chi connectivity index (χ0v) is 9.01. The van der Waals surface area contributed by atoms with Crippen molar-refractivity contribution in [3.63, 3.8) is 0 Å². The van der Waals surface area contributed by atoms with E-state index in [1.54, 1.807) is 0 Å². The topological polar surface area (TPSA) is 15.3 Å². The van der Waals surface area contributed by atoms with Gasteiger partial charge in [-0.3, -0.25) is 0 Å². The van der Waals surface area contributed by atoms with Gasteiger partial charge in [-0.05, 0) is 45.8 Å². The zero-order valence-electron chi connectivity index (χ0n) is 9.01. The van der Waals surface area contributed by atoms with Gasteiger partial charge in [-0.1, -0.05) is 6.42 Å². The van der Waals surface area contributed by atoms with E-state index in [0.717, 1.165) is 25.6 Å². The Hall–Kier alpha value is -0.150. The van der Waals surface area contributed by atoms with Crippen molar-refractivity contribution in [3.8, 4) is 0 Å². The van der Waals surface area contributed by atoms with Crippen LogP contribution in [-0.4, -0.2) is 43.3 Å². The monoisotopic (exact) mass is 200 g/mol. The summed E-state index contributed by atoms with van der Waals surface area (Å²) in [5.41, 5.74) is 0. The molecule has 0 aromatic rings. The largest absolute Gasteiger partial charge is 0.311 e. The van der Waals surface area contributed by atoms with Gasteiger partial charge in [0.15, 0.2) is 0 Å². The zero-order chi connectivity index (χ0) is 9.97. The minimum atomic E-state index is -0.607. The highest BCUT2D eigenvalue weighted by atomic mass is 19.1. The van der Waals surface area contributed by atoms with E-state index in [9.17, 15) is 4.39 Å². The molecule has 1 N–H and O–H groups in total. The summed E-state index contributed by atoms with van der Waals surface area (Å²) < 4.78 is 13.3. The molecule has 14 heavy (non-hydrogen) atoms. The number of hydrogen-bond donors (Lipinski definition) is 1. The second kappa shape index (κ2) is 4.58. The van der Waals surface area contributed by atoms with Gasteiger partial charge in [0.25, 0.3) is 0 Å². The van der Waals surface area contributed by atoms with Gasteiger partial charge in [0.05, 0.1) is 0 Å². The molecule has 2 aliphatic rings. The second-order valence-corrected chi connectivity index (χ2v) is 4.72. The van der Waals surface area contributed by atoms with Crippen LogP contribution in [0.4, 0.5) is 4.39 Å². The Morgan fingerprint density at radius 3 is 2.64 bits per heavy atom. The van der Waals surface area contributed by atoms with Crippen molar-refractivity contribution in [3.05, 3.63) is 0 Å². The summed E-state index contributed by atoms with van der Waals surface area (Å²) in [4.78, 5) is 2.40. The van der Waals surface area contributed by atoms with Crippen LogP contribution in [0.1, 0.15) is 32.1 Å². The fourth-order valence-electron chi connectivity index (χ4n) is 2.37. The minimum Gasteiger partial charge on any atom is -0.311 e. The van der Waals surface area contributed by atoms with Gasteiger partial charge in [-0.15, -0.1) is 0 Å². The average molecular weight is 200 g/mol. The molecule has 1 aliphatic heterocycles.